The summed E-state index contributed by atoms with van der Waals surface area (Å²) in [7, 11) is 0. The summed E-state index contributed by atoms with van der Waals surface area (Å²) in [6.07, 6.45) is 7.82. The fraction of sp³-hybridized carbons (Fsp3) is 0.333. The number of pyridine rings is 1. The Morgan fingerprint density at radius 3 is 3.12 bits per heavy atom. The maximum Gasteiger partial charge on any atom is 0.225 e. The number of carbonyl (C=O) groups is 1. The van der Waals surface area contributed by atoms with Crippen LogP contribution in [-0.4, -0.2) is 40.4 Å². The monoisotopic (exact) mass is 324 g/mol. The highest BCUT2D eigenvalue weighted by Gasteiger charge is 2.25. The largest absolute Gasteiger partial charge is 0.352 e. The predicted molar refractivity (Wildman–Crippen MR) is 82.8 cm³/mol. The van der Waals surface area contributed by atoms with Crippen molar-refractivity contribution in [3.8, 4) is 5.82 Å². The Balaban J connectivity index is 1.44. The first-order chi connectivity index (χ1) is 11.8. The van der Waals surface area contributed by atoms with Crippen LogP contribution in [0.1, 0.15) is 17.8 Å². The minimum absolute atomic E-state index is 0.0181. The van der Waals surface area contributed by atoms with Gasteiger partial charge in [0, 0.05) is 24.7 Å². The van der Waals surface area contributed by atoms with Gasteiger partial charge in [-0.25, -0.2) is 24.3 Å². The zero-order valence-corrected chi connectivity index (χ0v) is 12.9. The number of hydrogen-bond donors (Lipinski definition) is 1. The van der Waals surface area contributed by atoms with E-state index >= 15 is 0 Å². The molecule has 24 heavy (non-hydrogen) atoms. The molecule has 0 saturated carbocycles. The smallest absolute Gasteiger partial charge is 0.225 e. The Bertz CT molecular complexity index is 841. The van der Waals surface area contributed by atoms with E-state index in [1.54, 1.807) is 21.9 Å². The molecule has 9 nitrogen and oxygen atoms in total. The second-order valence-electron chi connectivity index (χ2n) is 5.64. The Hall–Kier alpha value is -3.10. The van der Waals surface area contributed by atoms with Gasteiger partial charge in [-0.3, -0.25) is 4.79 Å². The summed E-state index contributed by atoms with van der Waals surface area (Å²) >= 11 is 0. The lowest BCUT2D eigenvalue weighted by Gasteiger charge is -2.22. The van der Waals surface area contributed by atoms with Gasteiger partial charge >= 0.3 is 0 Å². The fourth-order valence-corrected chi connectivity index (χ4v) is 2.87. The average Bonchev–Trinajstić information content (AvgIpc) is 3.30. The molecule has 0 fully saturated rings. The van der Waals surface area contributed by atoms with Gasteiger partial charge in [0.2, 0.25) is 5.91 Å². The second kappa shape index (κ2) is 6.19. The quantitative estimate of drug-likeness (QED) is 0.732. The number of carbonyl (C=O) groups excluding carboxylic acids is 1. The van der Waals surface area contributed by atoms with E-state index < -0.39 is 0 Å². The summed E-state index contributed by atoms with van der Waals surface area (Å²) in [6.45, 7) is 0.965. The van der Waals surface area contributed by atoms with E-state index in [1.807, 2.05) is 12.1 Å². The van der Waals surface area contributed by atoms with Crippen LogP contribution in [-0.2, 0) is 24.3 Å². The number of aromatic nitrogens is 7. The van der Waals surface area contributed by atoms with Crippen LogP contribution in [0.3, 0.4) is 0 Å². The van der Waals surface area contributed by atoms with Crippen LogP contribution >= 0.6 is 0 Å². The van der Waals surface area contributed by atoms with Crippen molar-refractivity contribution >= 4 is 5.91 Å². The van der Waals surface area contributed by atoms with Crippen LogP contribution in [0.15, 0.2) is 37.3 Å². The lowest BCUT2D eigenvalue weighted by atomic mass is 9.99. The van der Waals surface area contributed by atoms with Crippen molar-refractivity contribution in [2.75, 3.05) is 0 Å². The molecular formula is C15H16N8O. The molecule has 9 heteroatoms. The van der Waals surface area contributed by atoms with Gasteiger partial charge in [-0.1, -0.05) is 6.07 Å². The number of hydrogen-bond acceptors (Lipinski definition) is 6. The molecule has 3 aromatic rings. The highest BCUT2D eigenvalue weighted by atomic mass is 16.1. The maximum absolute atomic E-state index is 12.5. The fourth-order valence-electron chi connectivity index (χ4n) is 2.87. The maximum atomic E-state index is 12.5. The van der Waals surface area contributed by atoms with Gasteiger partial charge in [-0.15, -0.1) is 0 Å². The molecule has 0 aliphatic carbocycles. The summed E-state index contributed by atoms with van der Waals surface area (Å²) < 4.78 is 3.39. The van der Waals surface area contributed by atoms with Gasteiger partial charge < -0.3 is 5.32 Å². The molecule has 0 bridgehead atoms. The van der Waals surface area contributed by atoms with Gasteiger partial charge in [0.25, 0.3) is 0 Å². The Morgan fingerprint density at radius 1 is 1.29 bits per heavy atom. The summed E-state index contributed by atoms with van der Waals surface area (Å²) in [5.41, 5.74) is 0.883. The highest BCUT2D eigenvalue weighted by molar-refractivity contribution is 5.78. The van der Waals surface area contributed by atoms with E-state index in [0.717, 1.165) is 24.2 Å². The molecular weight excluding hydrogens is 308 g/mol. The van der Waals surface area contributed by atoms with Gasteiger partial charge in [0.1, 0.15) is 24.8 Å². The third kappa shape index (κ3) is 2.75. The normalized spacial score (nSPS) is 16.6. The zero-order valence-electron chi connectivity index (χ0n) is 12.9. The van der Waals surface area contributed by atoms with E-state index in [-0.39, 0.29) is 11.8 Å². The molecule has 1 atom stereocenters. The summed E-state index contributed by atoms with van der Waals surface area (Å²) in [6, 6.07) is 3.75. The van der Waals surface area contributed by atoms with E-state index in [9.17, 15) is 4.79 Å². The molecule has 4 heterocycles. The molecule has 0 aromatic carbocycles. The van der Waals surface area contributed by atoms with Crippen LogP contribution in [0.5, 0.6) is 0 Å². The standard InChI is InChI=1S/C15H16N8O/c24-15(12-3-4-13-19-9-21-22(13)7-12)18-6-11-2-1-5-17-14(11)23-10-16-8-20-23/h1-2,5,8-10,12H,3-4,6-7H2,(H,18,24). The first kappa shape index (κ1) is 14.5. The number of nitrogens with one attached hydrogen (secondary N) is 1. The summed E-state index contributed by atoms with van der Waals surface area (Å²) in [4.78, 5) is 24.9. The number of rotatable bonds is 4. The molecule has 3 aromatic heterocycles. The summed E-state index contributed by atoms with van der Waals surface area (Å²) in [5, 5.41) is 11.2. The molecule has 1 aliphatic heterocycles. The molecule has 122 valence electrons. The Labute approximate surface area is 137 Å². The average molecular weight is 324 g/mol. The molecule has 0 spiro atoms. The van der Waals surface area contributed by atoms with Crippen molar-refractivity contribution in [1.82, 2.24) is 39.8 Å². The zero-order chi connectivity index (χ0) is 16.4. The predicted octanol–water partition coefficient (Wildman–Crippen LogP) is 0.133. The molecule has 1 unspecified atom stereocenters. The number of amides is 1. The Kier molecular flexibility index (Phi) is 3.73. The van der Waals surface area contributed by atoms with Crippen LogP contribution in [0.4, 0.5) is 0 Å². The van der Waals surface area contributed by atoms with Gasteiger partial charge in [0.15, 0.2) is 5.82 Å². The number of nitrogens with zero attached hydrogens (tertiary/aromatic N) is 7. The molecule has 4 rings (SSSR count). The molecule has 1 aliphatic rings. The third-order valence-corrected chi connectivity index (χ3v) is 4.13. The minimum Gasteiger partial charge on any atom is -0.352 e. The number of aryl methyl sites for hydroxylation is 1. The lowest BCUT2D eigenvalue weighted by molar-refractivity contribution is -0.126. The number of fused-ring (bicyclic) bond motifs is 1. The molecule has 0 saturated heterocycles. The van der Waals surface area contributed by atoms with Crippen LogP contribution in [0.2, 0.25) is 0 Å². The van der Waals surface area contributed by atoms with Crippen molar-refractivity contribution < 1.29 is 4.79 Å². The summed E-state index contributed by atoms with van der Waals surface area (Å²) in [5.74, 6) is 1.53. The van der Waals surface area contributed by atoms with Crippen LogP contribution in [0.25, 0.3) is 5.82 Å². The molecule has 1 N–H and O–H groups in total. The first-order valence-electron chi connectivity index (χ1n) is 7.74. The Morgan fingerprint density at radius 2 is 2.25 bits per heavy atom. The van der Waals surface area contributed by atoms with Crippen molar-refractivity contribution in [2.45, 2.75) is 25.9 Å². The second-order valence-corrected chi connectivity index (χ2v) is 5.64. The SMILES string of the molecule is O=C(NCc1cccnc1-n1cncn1)C1CCc2ncnn2C1. The minimum atomic E-state index is -0.0920. The topological polar surface area (TPSA) is 103 Å². The van der Waals surface area contributed by atoms with Crippen LogP contribution < -0.4 is 5.32 Å². The van der Waals surface area contributed by atoms with Gasteiger partial charge in [0.05, 0.1) is 12.5 Å². The van der Waals surface area contributed by atoms with E-state index in [4.69, 9.17) is 0 Å². The van der Waals surface area contributed by atoms with Crippen molar-refractivity contribution in [1.29, 1.82) is 0 Å². The van der Waals surface area contributed by atoms with Crippen molar-refractivity contribution in [2.24, 2.45) is 5.92 Å². The van der Waals surface area contributed by atoms with Crippen molar-refractivity contribution in [3.05, 3.63) is 48.7 Å². The first-order valence-corrected chi connectivity index (χ1v) is 7.74. The van der Waals surface area contributed by atoms with E-state index in [1.165, 1.54) is 12.7 Å². The highest BCUT2D eigenvalue weighted by Crippen LogP contribution is 2.18. The van der Waals surface area contributed by atoms with Gasteiger partial charge in [-0.2, -0.15) is 10.2 Å². The third-order valence-electron chi connectivity index (χ3n) is 4.13. The molecule has 0 radical (unpaired) electrons. The molecule has 1 amide bonds. The van der Waals surface area contributed by atoms with Crippen molar-refractivity contribution in [3.63, 3.8) is 0 Å². The lowest BCUT2D eigenvalue weighted by Crippen LogP contribution is -2.36. The van der Waals surface area contributed by atoms with E-state index in [0.29, 0.717) is 18.9 Å². The van der Waals surface area contributed by atoms with Gasteiger partial charge in [-0.05, 0) is 12.5 Å². The van der Waals surface area contributed by atoms with Crippen LogP contribution in [0, 0.1) is 5.92 Å². The van der Waals surface area contributed by atoms with E-state index in [2.05, 4.69) is 30.5 Å².